The van der Waals surface area contributed by atoms with E-state index < -0.39 is 0 Å². The molecule has 0 radical (unpaired) electrons. The number of rotatable bonds is 2. The van der Waals surface area contributed by atoms with E-state index in [0.29, 0.717) is 16.1 Å². The van der Waals surface area contributed by atoms with Crippen molar-refractivity contribution in [2.45, 2.75) is 6.92 Å². The van der Waals surface area contributed by atoms with E-state index in [-0.39, 0.29) is 5.91 Å². The summed E-state index contributed by atoms with van der Waals surface area (Å²) in [6.07, 6.45) is 1.70. The summed E-state index contributed by atoms with van der Waals surface area (Å²) >= 11 is 3.22. The van der Waals surface area contributed by atoms with Crippen LogP contribution in [0.15, 0.2) is 41.1 Å². The van der Waals surface area contributed by atoms with Crippen LogP contribution in [-0.4, -0.2) is 15.9 Å². The number of pyridine rings is 2. The van der Waals surface area contributed by atoms with Crippen molar-refractivity contribution in [2.75, 3.05) is 5.32 Å². The third-order valence-electron chi connectivity index (χ3n) is 2.10. The first-order valence-electron chi connectivity index (χ1n) is 5.02. The highest BCUT2D eigenvalue weighted by molar-refractivity contribution is 9.10. The van der Waals surface area contributed by atoms with Gasteiger partial charge in [0.2, 0.25) is 0 Å². The van der Waals surface area contributed by atoms with Crippen molar-refractivity contribution in [1.29, 1.82) is 0 Å². The van der Waals surface area contributed by atoms with Crippen LogP contribution in [0.5, 0.6) is 0 Å². The summed E-state index contributed by atoms with van der Waals surface area (Å²) in [6.45, 7) is 1.94. The normalized spacial score (nSPS) is 10.0. The maximum Gasteiger partial charge on any atom is 0.275 e. The zero-order chi connectivity index (χ0) is 12.3. The lowest BCUT2D eigenvalue weighted by atomic mass is 10.3. The molecule has 0 aromatic carbocycles. The minimum absolute atomic E-state index is 0.275. The van der Waals surface area contributed by atoms with Crippen LogP contribution in [0.3, 0.4) is 0 Å². The molecule has 2 aromatic rings. The number of carbonyl (C=O) groups is 1. The maximum atomic E-state index is 11.8. The summed E-state index contributed by atoms with van der Waals surface area (Å²) in [5.74, 6) is 0.241. The molecule has 0 atom stereocenters. The largest absolute Gasteiger partial charge is 0.305 e. The lowest BCUT2D eigenvalue weighted by Crippen LogP contribution is -2.14. The van der Waals surface area contributed by atoms with Gasteiger partial charge in [0.1, 0.15) is 16.1 Å². The van der Waals surface area contributed by atoms with Gasteiger partial charge in [0, 0.05) is 6.20 Å². The van der Waals surface area contributed by atoms with Gasteiger partial charge in [0.05, 0.1) is 0 Å². The number of hydrogen-bond acceptors (Lipinski definition) is 3. The molecule has 0 spiro atoms. The van der Waals surface area contributed by atoms with Crippen LogP contribution >= 0.6 is 15.9 Å². The predicted octanol–water partition coefficient (Wildman–Crippen LogP) is 2.80. The predicted molar refractivity (Wildman–Crippen MR) is 68.9 cm³/mol. The van der Waals surface area contributed by atoms with Gasteiger partial charge in [-0.2, -0.15) is 0 Å². The molecule has 0 saturated carbocycles. The molecule has 0 aliphatic rings. The molecule has 0 unspecified atom stereocenters. The average Bonchev–Trinajstić information content (AvgIpc) is 2.32. The quantitative estimate of drug-likeness (QED) is 0.866. The first-order chi connectivity index (χ1) is 8.15. The van der Waals surface area contributed by atoms with Crippen molar-refractivity contribution in [1.82, 2.24) is 9.97 Å². The third kappa shape index (κ3) is 3.10. The molecule has 86 valence electrons. The second-order valence-corrected chi connectivity index (χ2v) is 4.33. The van der Waals surface area contributed by atoms with Crippen LogP contribution in [-0.2, 0) is 0 Å². The standard InChI is InChI=1S/C12H10BrN3O/c1-8-5-6-11(14-7-8)16-12(17)9-3-2-4-10(13)15-9/h2-7H,1H3,(H,14,16,17). The van der Waals surface area contributed by atoms with Gasteiger partial charge in [-0.1, -0.05) is 12.1 Å². The summed E-state index contributed by atoms with van der Waals surface area (Å²) in [5, 5.41) is 2.68. The summed E-state index contributed by atoms with van der Waals surface area (Å²) in [4.78, 5) is 20.0. The molecule has 2 heterocycles. The summed E-state index contributed by atoms with van der Waals surface area (Å²) in [7, 11) is 0. The average molecular weight is 292 g/mol. The van der Waals surface area contributed by atoms with E-state index in [4.69, 9.17) is 0 Å². The molecule has 1 amide bonds. The van der Waals surface area contributed by atoms with Crippen LogP contribution in [0.2, 0.25) is 0 Å². The number of nitrogens with zero attached hydrogens (tertiary/aromatic N) is 2. The Kier molecular flexibility index (Phi) is 3.49. The van der Waals surface area contributed by atoms with Crippen molar-refractivity contribution in [3.63, 3.8) is 0 Å². The van der Waals surface area contributed by atoms with E-state index in [9.17, 15) is 4.79 Å². The van der Waals surface area contributed by atoms with Gasteiger partial charge in [-0.15, -0.1) is 0 Å². The number of aryl methyl sites for hydroxylation is 1. The summed E-state index contributed by atoms with van der Waals surface area (Å²) in [5.41, 5.74) is 1.39. The van der Waals surface area contributed by atoms with Crippen molar-refractivity contribution in [3.8, 4) is 0 Å². The Morgan fingerprint density at radius 1 is 1.29 bits per heavy atom. The van der Waals surface area contributed by atoms with Crippen molar-refractivity contribution < 1.29 is 4.79 Å². The number of carbonyl (C=O) groups excluding carboxylic acids is 1. The molecular formula is C12H10BrN3O. The van der Waals surface area contributed by atoms with Gasteiger partial charge in [0.25, 0.3) is 5.91 Å². The number of hydrogen-bond donors (Lipinski definition) is 1. The Hall–Kier alpha value is -1.75. The fraction of sp³-hybridized carbons (Fsp3) is 0.0833. The Balaban J connectivity index is 2.14. The minimum Gasteiger partial charge on any atom is -0.305 e. The van der Waals surface area contributed by atoms with Crippen LogP contribution < -0.4 is 5.32 Å². The van der Waals surface area contributed by atoms with E-state index >= 15 is 0 Å². The molecule has 0 saturated heterocycles. The molecule has 5 heteroatoms. The van der Waals surface area contributed by atoms with E-state index in [1.54, 1.807) is 30.5 Å². The number of amides is 1. The van der Waals surface area contributed by atoms with E-state index in [1.807, 2.05) is 13.0 Å². The van der Waals surface area contributed by atoms with Crippen molar-refractivity contribution in [3.05, 3.63) is 52.4 Å². The number of nitrogens with one attached hydrogen (secondary N) is 1. The van der Waals surface area contributed by atoms with Crippen LogP contribution in [0.1, 0.15) is 16.1 Å². The lowest BCUT2D eigenvalue weighted by Gasteiger charge is -2.04. The van der Waals surface area contributed by atoms with Crippen LogP contribution in [0.4, 0.5) is 5.82 Å². The van der Waals surface area contributed by atoms with Gasteiger partial charge in [-0.25, -0.2) is 9.97 Å². The van der Waals surface area contributed by atoms with Gasteiger partial charge in [0.15, 0.2) is 0 Å². The molecule has 0 aliphatic heterocycles. The van der Waals surface area contributed by atoms with Crippen molar-refractivity contribution in [2.24, 2.45) is 0 Å². The van der Waals surface area contributed by atoms with Gasteiger partial charge >= 0.3 is 0 Å². The Bertz CT molecular complexity index is 540. The van der Waals surface area contributed by atoms with Gasteiger partial charge in [-0.05, 0) is 46.6 Å². The molecular weight excluding hydrogens is 282 g/mol. The molecule has 0 bridgehead atoms. The molecule has 17 heavy (non-hydrogen) atoms. The SMILES string of the molecule is Cc1ccc(NC(=O)c2cccc(Br)n2)nc1. The lowest BCUT2D eigenvalue weighted by molar-refractivity contribution is 0.102. The second kappa shape index (κ2) is 5.05. The summed E-state index contributed by atoms with van der Waals surface area (Å²) in [6, 6.07) is 8.81. The molecule has 1 N–H and O–H groups in total. The van der Waals surface area contributed by atoms with Gasteiger partial charge in [-0.3, -0.25) is 4.79 Å². The van der Waals surface area contributed by atoms with Crippen molar-refractivity contribution >= 4 is 27.7 Å². The van der Waals surface area contributed by atoms with Crippen LogP contribution in [0.25, 0.3) is 0 Å². The zero-order valence-corrected chi connectivity index (χ0v) is 10.7. The zero-order valence-electron chi connectivity index (χ0n) is 9.14. The highest BCUT2D eigenvalue weighted by atomic mass is 79.9. The Labute approximate surface area is 107 Å². The first kappa shape index (κ1) is 11.7. The first-order valence-corrected chi connectivity index (χ1v) is 5.81. The van der Waals surface area contributed by atoms with E-state index in [0.717, 1.165) is 5.56 Å². The topological polar surface area (TPSA) is 54.9 Å². The van der Waals surface area contributed by atoms with E-state index in [1.165, 1.54) is 0 Å². The smallest absolute Gasteiger partial charge is 0.275 e. The van der Waals surface area contributed by atoms with Crippen LogP contribution in [0, 0.1) is 6.92 Å². The number of halogens is 1. The fourth-order valence-corrected chi connectivity index (χ4v) is 1.60. The highest BCUT2D eigenvalue weighted by Crippen LogP contribution is 2.09. The molecule has 2 aromatic heterocycles. The number of aromatic nitrogens is 2. The highest BCUT2D eigenvalue weighted by Gasteiger charge is 2.08. The maximum absolute atomic E-state index is 11.8. The monoisotopic (exact) mass is 291 g/mol. The molecule has 0 aliphatic carbocycles. The molecule has 2 rings (SSSR count). The summed E-state index contributed by atoms with van der Waals surface area (Å²) < 4.78 is 0.627. The Morgan fingerprint density at radius 2 is 2.12 bits per heavy atom. The molecule has 0 fully saturated rings. The van der Waals surface area contributed by atoms with Gasteiger partial charge < -0.3 is 5.32 Å². The second-order valence-electron chi connectivity index (χ2n) is 3.52. The number of anilines is 1. The minimum atomic E-state index is -0.275. The third-order valence-corrected chi connectivity index (χ3v) is 2.54. The van der Waals surface area contributed by atoms with E-state index in [2.05, 4.69) is 31.2 Å². The fourth-order valence-electron chi connectivity index (χ4n) is 1.26. The Morgan fingerprint density at radius 3 is 2.76 bits per heavy atom. The molecule has 4 nitrogen and oxygen atoms in total.